The van der Waals surface area contributed by atoms with E-state index in [0.717, 1.165) is 44.3 Å². The Morgan fingerprint density at radius 1 is 0.789 bits per heavy atom. The molecule has 1 aliphatic rings. The number of aromatic nitrogens is 1. The zero-order chi connectivity index (χ0) is 26.1. The number of benzene rings is 4. The van der Waals surface area contributed by atoms with E-state index in [4.69, 9.17) is 4.74 Å². The summed E-state index contributed by atoms with van der Waals surface area (Å²) in [6, 6.07) is 33.4. The van der Waals surface area contributed by atoms with Gasteiger partial charge in [0.25, 0.3) is 0 Å². The number of carbonyl (C=O) groups excluding carboxylic acids is 1. The summed E-state index contributed by atoms with van der Waals surface area (Å²) in [7, 11) is 0. The number of H-pyrrole nitrogens is 1. The Labute approximate surface area is 219 Å². The summed E-state index contributed by atoms with van der Waals surface area (Å²) in [4.78, 5) is 27.6. The molecule has 3 N–H and O–H groups in total. The van der Waals surface area contributed by atoms with Gasteiger partial charge in [0.2, 0.25) is 0 Å². The lowest BCUT2D eigenvalue weighted by molar-refractivity contribution is -0.140. The molecule has 1 aromatic heterocycles. The van der Waals surface area contributed by atoms with Gasteiger partial charge < -0.3 is 14.8 Å². The predicted octanol–water partition coefficient (Wildman–Crippen LogP) is 7.37. The first-order chi connectivity index (χ1) is 18.5. The van der Waals surface area contributed by atoms with E-state index in [9.17, 15) is 14.7 Å². The second-order valence-corrected chi connectivity index (χ2v) is 9.65. The van der Waals surface area contributed by atoms with E-state index in [1.807, 2.05) is 103 Å². The van der Waals surface area contributed by atoms with Crippen LogP contribution in [0, 0.1) is 0 Å². The highest BCUT2D eigenvalue weighted by atomic mass is 16.5. The summed E-state index contributed by atoms with van der Waals surface area (Å²) in [6.07, 6.45) is 0.849. The number of hydrogen-bond donors (Lipinski definition) is 3. The Balaban J connectivity index is 1.25. The summed E-state index contributed by atoms with van der Waals surface area (Å²) in [5.41, 5.74) is 5.86. The fraction of sp³-hybridized carbons (Fsp3) is 0.125. The minimum absolute atomic E-state index is 0.184. The van der Waals surface area contributed by atoms with Crippen molar-refractivity contribution in [2.24, 2.45) is 0 Å². The molecule has 6 rings (SSSR count). The number of rotatable bonds is 7. The van der Waals surface area contributed by atoms with Gasteiger partial charge in [0.15, 0.2) is 0 Å². The largest absolute Gasteiger partial charge is 0.481 e. The van der Waals surface area contributed by atoms with Crippen molar-refractivity contribution in [1.29, 1.82) is 0 Å². The molecule has 6 heteroatoms. The number of fused-ring (bicyclic) bond motifs is 1. The summed E-state index contributed by atoms with van der Waals surface area (Å²) in [6.45, 7) is 0.184. The highest BCUT2D eigenvalue weighted by molar-refractivity contribution is 6.05. The van der Waals surface area contributed by atoms with Gasteiger partial charge in [0.05, 0.1) is 5.41 Å². The smallest absolute Gasteiger partial charge is 0.413 e. The van der Waals surface area contributed by atoms with Gasteiger partial charge in [0.1, 0.15) is 12.4 Å². The highest BCUT2D eigenvalue weighted by Gasteiger charge is 2.51. The molecular weight excluding hydrogens is 476 g/mol. The number of aliphatic carboxylic acids is 1. The fourth-order valence-electron chi connectivity index (χ4n) is 4.96. The van der Waals surface area contributed by atoms with Gasteiger partial charge in [-0.05, 0) is 46.7 Å². The van der Waals surface area contributed by atoms with Gasteiger partial charge in [-0.1, -0.05) is 97.1 Å². The molecule has 188 valence electrons. The topological polar surface area (TPSA) is 91.4 Å². The molecule has 0 atom stereocenters. The number of ether oxygens (including phenoxy) is 1. The number of carbonyl (C=O) groups is 2. The van der Waals surface area contributed by atoms with Crippen LogP contribution in [-0.4, -0.2) is 22.2 Å². The van der Waals surface area contributed by atoms with Crippen molar-refractivity contribution < 1.29 is 19.4 Å². The summed E-state index contributed by atoms with van der Waals surface area (Å²) in [5.74, 6) is -0.175. The van der Waals surface area contributed by atoms with Gasteiger partial charge in [-0.15, -0.1) is 0 Å². The van der Waals surface area contributed by atoms with Crippen molar-refractivity contribution in [3.8, 4) is 22.3 Å². The summed E-state index contributed by atoms with van der Waals surface area (Å²) < 4.78 is 5.44. The lowest BCUT2D eigenvalue weighted by atomic mass is 9.93. The Kier molecular flexibility index (Phi) is 5.92. The van der Waals surface area contributed by atoms with Crippen LogP contribution in [0.4, 0.5) is 10.6 Å². The Bertz CT molecular complexity index is 1620. The first kappa shape index (κ1) is 23.6. The van der Waals surface area contributed by atoms with Crippen LogP contribution < -0.4 is 5.32 Å². The van der Waals surface area contributed by atoms with E-state index in [1.165, 1.54) is 0 Å². The van der Waals surface area contributed by atoms with Crippen molar-refractivity contribution >= 4 is 28.8 Å². The molecule has 0 spiro atoms. The normalized spacial score (nSPS) is 13.7. The molecular formula is C32H26N2O4. The summed E-state index contributed by atoms with van der Waals surface area (Å²) in [5, 5.41) is 13.4. The molecule has 5 aromatic rings. The monoisotopic (exact) mass is 502 g/mol. The average molecular weight is 503 g/mol. The molecule has 1 aliphatic carbocycles. The third-order valence-electron chi connectivity index (χ3n) is 7.25. The molecule has 1 heterocycles. The van der Waals surface area contributed by atoms with Crippen LogP contribution in [0.2, 0.25) is 0 Å². The summed E-state index contributed by atoms with van der Waals surface area (Å²) >= 11 is 0. The quantitative estimate of drug-likeness (QED) is 0.217. The van der Waals surface area contributed by atoms with Crippen molar-refractivity contribution in [1.82, 2.24) is 4.98 Å². The highest BCUT2D eigenvalue weighted by Crippen LogP contribution is 2.48. The van der Waals surface area contributed by atoms with Crippen molar-refractivity contribution in [3.63, 3.8) is 0 Å². The van der Waals surface area contributed by atoms with Crippen molar-refractivity contribution in [2.75, 3.05) is 5.32 Å². The van der Waals surface area contributed by atoms with E-state index in [2.05, 4.69) is 10.3 Å². The second kappa shape index (κ2) is 9.56. The number of aromatic amines is 1. The zero-order valence-corrected chi connectivity index (χ0v) is 20.6. The van der Waals surface area contributed by atoms with E-state index < -0.39 is 17.5 Å². The lowest BCUT2D eigenvalue weighted by Crippen LogP contribution is -2.19. The first-order valence-corrected chi connectivity index (χ1v) is 12.6. The minimum atomic E-state index is -0.748. The number of anilines is 1. The SMILES string of the molecule is O=C(Nc1[nH]c2ccccc2c1-c1ccc(-c2ccc(C3(C(=O)O)CC3)cc2)cc1)OCc1ccccc1. The Morgan fingerprint density at radius 3 is 2.05 bits per heavy atom. The number of carboxylic acid groups (broad SMARTS) is 1. The van der Waals surface area contributed by atoms with Crippen LogP contribution in [0.1, 0.15) is 24.0 Å². The fourth-order valence-corrected chi connectivity index (χ4v) is 4.96. The first-order valence-electron chi connectivity index (χ1n) is 12.6. The molecule has 1 fully saturated rings. The maximum Gasteiger partial charge on any atom is 0.413 e. The zero-order valence-electron chi connectivity index (χ0n) is 20.6. The predicted molar refractivity (Wildman–Crippen MR) is 148 cm³/mol. The number of para-hydroxylation sites is 1. The lowest BCUT2D eigenvalue weighted by Gasteiger charge is -2.12. The maximum absolute atomic E-state index is 12.6. The third kappa shape index (κ3) is 4.41. The average Bonchev–Trinajstić information content (AvgIpc) is 3.69. The van der Waals surface area contributed by atoms with Crippen LogP contribution in [-0.2, 0) is 21.6 Å². The van der Waals surface area contributed by atoms with Gasteiger partial charge in [-0.25, -0.2) is 4.79 Å². The molecule has 0 unspecified atom stereocenters. The van der Waals surface area contributed by atoms with Crippen molar-refractivity contribution in [3.05, 3.63) is 114 Å². The number of amides is 1. The molecule has 6 nitrogen and oxygen atoms in total. The van der Waals surface area contributed by atoms with E-state index in [0.29, 0.717) is 18.7 Å². The van der Waals surface area contributed by atoms with E-state index in [1.54, 1.807) is 0 Å². The van der Waals surface area contributed by atoms with Crippen molar-refractivity contribution in [2.45, 2.75) is 24.9 Å². The molecule has 0 saturated heterocycles. The molecule has 4 aromatic carbocycles. The van der Waals surface area contributed by atoms with Gasteiger partial charge >= 0.3 is 12.1 Å². The van der Waals surface area contributed by atoms with E-state index >= 15 is 0 Å². The van der Waals surface area contributed by atoms with Crippen LogP contribution in [0.5, 0.6) is 0 Å². The molecule has 1 amide bonds. The Morgan fingerprint density at radius 2 is 1.39 bits per heavy atom. The minimum Gasteiger partial charge on any atom is -0.481 e. The van der Waals surface area contributed by atoms with Crippen LogP contribution in [0.3, 0.4) is 0 Å². The standard InChI is InChI=1S/C32H26N2O4/c35-30(36)32(18-19-32)25-16-14-23(15-17-25)22-10-12-24(13-11-22)28-26-8-4-5-9-27(26)33-29(28)34-31(37)38-20-21-6-2-1-3-7-21/h1-17,33H,18-20H2,(H,34,37)(H,35,36). The van der Waals surface area contributed by atoms with Crippen LogP contribution >= 0.6 is 0 Å². The molecule has 1 saturated carbocycles. The van der Waals surface area contributed by atoms with Gasteiger partial charge in [-0.3, -0.25) is 10.1 Å². The second-order valence-electron chi connectivity index (χ2n) is 9.65. The Hall–Kier alpha value is -4.84. The number of hydrogen-bond acceptors (Lipinski definition) is 3. The van der Waals surface area contributed by atoms with Gasteiger partial charge in [-0.2, -0.15) is 0 Å². The van der Waals surface area contributed by atoms with Crippen LogP contribution in [0.15, 0.2) is 103 Å². The van der Waals surface area contributed by atoms with Crippen LogP contribution in [0.25, 0.3) is 33.2 Å². The maximum atomic E-state index is 12.6. The molecule has 0 radical (unpaired) electrons. The number of carboxylic acids is 1. The molecule has 0 bridgehead atoms. The van der Waals surface area contributed by atoms with E-state index in [-0.39, 0.29) is 6.61 Å². The molecule has 38 heavy (non-hydrogen) atoms. The van der Waals surface area contributed by atoms with Gasteiger partial charge in [0, 0.05) is 16.5 Å². The molecule has 0 aliphatic heterocycles. The number of nitrogens with one attached hydrogen (secondary N) is 2. The third-order valence-corrected chi connectivity index (χ3v) is 7.25.